The average molecular weight is 284 g/mol. The van der Waals surface area contributed by atoms with Gasteiger partial charge in [0, 0.05) is 19.5 Å². The van der Waals surface area contributed by atoms with Crippen molar-refractivity contribution in [3.8, 4) is 0 Å². The molecule has 1 aliphatic heterocycles. The number of piperidine rings is 1. The van der Waals surface area contributed by atoms with Gasteiger partial charge < -0.3 is 15.4 Å². The molecule has 1 unspecified atom stereocenters. The third-order valence-corrected chi connectivity index (χ3v) is 3.98. The fourth-order valence-electron chi connectivity index (χ4n) is 2.84. The fourth-order valence-corrected chi connectivity index (χ4v) is 2.84. The monoisotopic (exact) mass is 284 g/mol. The summed E-state index contributed by atoms with van der Waals surface area (Å²) >= 11 is 0. The molecule has 0 spiro atoms. The maximum atomic E-state index is 12.2. The standard InChI is InChI=1S/C15H28N2O3/c1-11(2)8-12(10-16)9-14(18)17-6-4-13(5-7-17)15(19)20-3/h11-13H,4-10,16H2,1-3H3. The van der Waals surface area contributed by atoms with Gasteiger partial charge in [-0.15, -0.1) is 0 Å². The van der Waals surface area contributed by atoms with E-state index >= 15 is 0 Å². The summed E-state index contributed by atoms with van der Waals surface area (Å²) in [7, 11) is 1.41. The number of hydrogen-bond acceptors (Lipinski definition) is 4. The fraction of sp³-hybridized carbons (Fsp3) is 0.867. The van der Waals surface area contributed by atoms with E-state index in [9.17, 15) is 9.59 Å². The molecule has 0 aromatic carbocycles. The van der Waals surface area contributed by atoms with Crippen LogP contribution in [0, 0.1) is 17.8 Å². The van der Waals surface area contributed by atoms with Crippen molar-refractivity contribution in [3.05, 3.63) is 0 Å². The summed E-state index contributed by atoms with van der Waals surface area (Å²) in [6.07, 6.45) is 2.92. The van der Waals surface area contributed by atoms with E-state index in [1.165, 1.54) is 7.11 Å². The van der Waals surface area contributed by atoms with Gasteiger partial charge in [-0.25, -0.2) is 0 Å². The van der Waals surface area contributed by atoms with Gasteiger partial charge >= 0.3 is 5.97 Å². The van der Waals surface area contributed by atoms with E-state index in [-0.39, 0.29) is 23.7 Å². The Labute approximate surface area is 121 Å². The number of esters is 1. The molecule has 1 aliphatic rings. The van der Waals surface area contributed by atoms with Gasteiger partial charge in [0.05, 0.1) is 13.0 Å². The lowest BCUT2D eigenvalue weighted by atomic mass is 9.92. The molecule has 1 amide bonds. The Hall–Kier alpha value is -1.10. The highest BCUT2D eigenvalue weighted by Crippen LogP contribution is 2.21. The lowest BCUT2D eigenvalue weighted by Gasteiger charge is -2.31. The van der Waals surface area contributed by atoms with Crippen molar-refractivity contribution < 1.29 is 14.3 Å². The third-order valence-electron chi connectivity index (χ3n) is 3.98. The van der Waals surface area contributed by atoms with Crippen LogP contribution in [0.5, 0.6) is 0 Å². The highest BCUT2D eigenvalue weighted by atomic mass is 16.5. The second-order valence-electron chi connectivity index (χ2n) is 6.11. The van der Waals surface area contributed by atoms with Crippen molar-refractivity contribution in [3.63, 3.8) is 0 Å². The minimum Gasteiger partial charge on any atom is -0.469 e. The quantitative estimate of drug-likeness (QED) is 0.748. The number of rotatable bonds is 6. The highest BCUT2D eigenvalue weighted by molar-refractivity contribution is 5.77. The first-order chi connectivity index (χ1) is 9.47. The Morgan fingerprint density at radius 2 is 1.90 bits per heavy atom. The summed E-state index contributed by atoms with van der Waals surface area (Å²) in [6.45, 7) is 6.15. The van der Waals surface area contributed by atoms with Crippen molar-refractivity contribution in [2.75, 3.05) is 26.7 Å². The second kappa shape index (κ2) is 8.25. The Balaban J connectivity index is 2.40. The molecule has 1 atom stereocenters. The zero-order valence-electron chi connectivity index (χ0n) is 12.9. The minimum atomic E-state index is -0.156. The number of amides is 1. The van der Waals surface area contributed by atoms with Crippen molar-refractivity contribution in [2.45, 2.75) is 39.5 Å². The third kappa shape index (κ3) is 5.12. The normalized spacial score (nSPS) is 18.1. The van der Waals surface area contributed by atoms with Crippen LogP contribution in [0.1, 0.15) is 39.5 Å². The van der Waals surface area contributed by atoms with Crippen LogP contribution in [-0.4, -0.2) is 43.5 Å². The number of ether oxygens (including phenoxy) is 1. The summed E-state index contributed by atoms with van der Waals surface area (Å²) < 4.78 is 4.75. The molecule has 5 heteroatoms. The first kappa shape index (κ1) is 17.0. The van der Waals surface area contributed by atoms with Gasteiger partial charge in [0.1, 0.15) is 0 Å². The summed E-state index contributed by atoms with van der Waals surface area (Å²) in [6, 6.07) is 0. The van der Waals surface area contributed by atoms with Crippen LogP contribution < -0.4 is 5.73 Å². The molecule has 2 N–H and O–H groups in total. The largest absolute Gasteiger partial charge is 0.469 e. The van der Waals surface area contributed by atoms with Gasteiger partial charge in [-0.3, -0.25) is 9.59 Å². The molecule has 1 saturated heterocycles. The van der Waals surface area contributed by atoms with Crippen molar-refractivity contribution in [1.29, 1.82) is 0 Å². The van der Waals surface area contributed by atoms with Gasteiger partial charge in [-0.2, -0.15) is 0 Å². The topological polar surface area (TPSA) is 72.6 Å². The Morgan fingerprint density at radius 3 is 2.35 bits per heavy atom. The Morgan fingerprint density at radius 1 is 1.30 bits per heavy atom. The van der Waals surface area contributed by atoms with Gasteiger partial charge in [-0.05, 0) is 37.6 Å². The maximum Gasteiger partial charge on any atom is 0.308 e. The number of nitrogens with two attached hydrogens (primary N) is 1. The van der Waals surface area contributed by atoms with Crippen LogP contribution in [-0.2, 0) is 14.3 Å². The van der Waals surface area contributed by atoms with Crippen LogP contribution in [0.2, 0.25) is 0 Å². The molecular weight excluding hydrogens is 256 g/mol. The van der Waals surface area contributed by atoms with Crippen LogP contribution in [0.4, 0.5) is 0 Å². The van der Waals surface area contributed by atoms with Crippen molar-refractivity contribution in [1.82, 2.24) is 4.90 Å². The molecule has 0 aromatic rings. The van der Waals surface area contributed by atoms with E-state index in [0.29, 0.717) is 44.8 Å². The van der Waals surface area contributed by atoms with Crippen LogP contribution in [0.3, 0.4) is 0 Å². The summed E-state index contributed by atoms with van der Waals surface area (Å²) in [5.41, 5.74) is 5.75. The molecule has 20 heavy (non-hydrogen) atoms. The highest BCUT2D eigenvalue weighted by Gasteiger charge is 2.28. The lowest BCUT2D eigenvalue weighted by Crippen LogP contribution is -2.41. The molecule has 0 aromatic heterocycles. The number of nitrogens with zero attached hydrogens (tertiary/aromatic N) is 1. The predicted octanol–water partition coefficient (Wildman–Crippen LogP) is 1.41. The lowest BCUT2D eigenvalue weighted by molar-refractivity contribution is -0.149. The van der Waals surface area contributed by atoms with E-state index < -0.39 is 0 Å². The summed E-state index contributed by atoms with van der Waals surface area (Å²) in [5.74, 6) is 0.786. The summed E-state index contributed by atoms with van der Waals surface area (Å²) in [5, 5.41) is 0. The molecule has 0 radical (unpaired) electrons. The van der Waals surface area contributed by atoms with Crippen LogP contribution in [0.25, 0.3) is 0 Å². The zero-order valence-corrected chi connectivity index (χ0v) is 12.9. The van der Waals surface area contributed by atoms with Crippen LogP contribution in [0.15, 0.2) is 0 Å². The van der Waals surface area contributed by atoms with Crippen LogP contribution >= 0.6 is 0 Å². The SMILES string of the molecule is COC(=O)C1CCN(C(=O)CC(CN)CC(C)C)CC1. The Bertz CT molecular complexity index is 323. The molecule has 1 rings (SSSR count). The van der Waals surface area contributed by atoms with Gasteiger partial charge in [0.25, 0.3) is 0 Å². The number of hydrogen-bond donors (Lipinski definition) is 1. The van der Waals surface area contributed by atoms with Gasteiger partial charge in [0.2, 0.25) is 5.91 Å². The minimum absolute atomic E-state index is 0.0509. The maximum absolute atomic E-state index is 12.2. The number of carbonyl (C=O) groups excluding carboxylic acids is 2. The van der Waals surface area contributed by atoms with E-state index in [1.807, 2.05) is 4.90 Å². The molecule has 1 heterocycles. The second-order valence-corrected chi connectivity index (χ2v) is 6.11. The zero-order chi connectivity index (χ0) is 15.1. The van der Waals surface area contributed by atoms with E-state index in [4.69, 9.17) is 10.5 Å². The number of likely N-dealkylation sites (tertiary alicyclic amines) is 1. The average Bonchev–Trinajstić information content (AvgIpc) is 2.45. The molecule has 0 aliphatic carbocycles. The van der Waals surface area contributed by atoms with Gasteiger partial charge in [-0.1, -0.05) is 13.8 Å². The van der Waals surface area contributed by atoms with Crippen molar-refractivity contribution in [2.24, 2.45) is 23.5 Å². The first-order valence-electron chi connectivity index (χ1n) is 7.53. The van der Waals surface area contributed by atoms with E-state index in [1.54, 1.807) is 0 Å². The number of methoxy groups -OCH3 is 1. The molecule has 0 saturated carbocycles. The smallest absolute Gasteiger partial charge is 0.308 e. The first-order valence-corrected chi connectivity index (χ1v) is 7.53. The molecule has 1 fully saturated rings. The number of carbonyl (C=O) groups is 2. The summed E-state index contributed by atoms with van der Waals surface area (Å²) in [4.78, 5) is 25.6. The van der Waals surface area contributed by atoms with Crippen molar-refractivity contribution >= 4 is 11.9 Å². The van der Waals surface area contributed by atoms with E-state index in [2.05, 4.69) is 13.8 Å². The van der Waals surface area contributed by atoms with Gasteiger partial charge in [0.15, 0.2) is 0 Å². The molecule has 0 bridgehead atoms. The van der Waals surface area contributed by atoms with E-state index in [0.717, 1.165) is 6.42 Å². The Kier molecular flexibility index (Phi) is 6.99. The molecule has 5 nitrogen and oxygen atoms in total. The molecular formula is C15H28N2O3. The molecule has 116 valence electrons. The predicted molar refractivity (Wildman–Crippen MR) is 77.9 cm³/mol.